The molecular formula is C23H24FN3O2. The Morgan fingerprint density at radius 2 is 2.03 bits per heavy atom. The van der Waals surface area contributed by atoms with Crippen LogP contribution in [-0.2, 0) is 0 Å². The maximum absolute atomic E-state index is 14.8. The van der Waals surface area contributed by atoms with Gasteiger partial charge < -0.3 is 10.7 Å². The molecule has 1 atom stereocenters. The zero-order chi connectivity index (χ0) is 24.8. The molecule has 0 aliphatic heterocycles. The van der Waals surface area contributed by atoms with Gasteiger partial charge in [0.1, 0.15) is 5.82 Å². The lowest BCUT2D eigenvalue weighted by Gasteiger charge is -2.22. The molecule has 1 heterocycles. The van der Waals surface area contributed by atoms with E-state index in [1.54, 1.807) is 0 Å². The maximum atomic E-state index is 14.8. The molecule has 0 unspecified atom stereocenters. The third-order valence-corrected chi connectivity index (χ3v) is 5.33. The number of halogens is 1. The quantitative estimate of drug-likeness (QED) is 0.662. The second-order valence-corrected chi connectivity index (χ2v) is 7.20. The minimum Gasteiger partial charge on any atom is -0.345 e. The highest BCUT2D eigenvalue weighted by Gasteiger charge is 2.34. The molecule has 1 fully saturated rings. The zero-order valence-corrected chi connectivity index (χ0v) is 15.8. The van der Waals surface area contributed by atoms with Gasteiger partial charge in [-0.2, -0.15) is 0 Å². The highest BCUT2D eigenvalue weighted by atomic mass is 19.1. The summed E-state index contributed by atoms with van der Waals surface area (Å²) in [6.07, 6.45) is 1.88. The monoisotopic (exact) mass is 398 g/mol. The molecule has 1 saturated carbocycles. The van der Waals surface area contributed by atoms with E-state index in [0.29, 0.717) is 4.68 Å². The van der Waals surface area contributed by atoms with Gasteiger partial charge in [-0.1, -0.05) is 42.5 Å². The van der Waals surface area contributed by atoms with E-state index < -0.39 is 36.0 Å². The Hall–Kier alpha value is -3.15. The number of nitrogens with one attached hydrogen (secondary N) is 2. The Balaban J connectivity index is 1.86. The number of benzene rings is 2. The number of rotatable bonds is 6. The summed E-state index contributed by atoms with van der Waals surface area (Å²) in [5.74, 6) is -1.23. The van der Waals surface area contributed by atoms with Gasteiger partial charge in [0.2, 0.25) is 0 Å². The summed E-state index contributed by atoms with van der Waals surface area (Å²) < 4.78 is 53.4. The Morgan fingerprint density at radius 1 is 1.28 bits per heavy atom. The van der Waals surface area contributed by atoms with Crippen LogP contribution in [0.2, 0.25) is 0 Å². The molecule has 1 aliphatic rings. The lowest BCUT2D eigenvalue weighted by Crippen LogP contribution is -2.36. The van der Waals surface area contributed by atoms with Crippen LogP contribution in [0.15, 0.2) is 53.3 Å². The van der Waals surface area contributed by atoms with Crippen molar-refractivity contribution in [2.24, 2.45) is 5.92 Å². The predicted octanol–water partition coefficient (Wildman–Crippen LogP) is 3.89. The minimum atomic E-state index is -3.13. The maximum Gasteiger partial charge on any atom is 0.279 e. The van der Waals surface area contributed by atoms with Gasteiger partial charge in [-0.25, -0.2) is 9.07 Å². The van der Waals surface area contributed by atoms with Crippen LogP contribution in [0.4, 0.5) is 4.39 Å². The molecule has 29 heavy (non-hydrogen) atoms. The molecule has 1 amide bonds. The largest absolute Gasteiger partial charge is 0.345 e. The van der Waals surface area contributed by atoms with Gasteiger partial charge in [-0.05, 0) is 44.2 Å². The van der Waals surface area contributed by atoms with Crippen molar-refractivity contribution >= 4 is 16.7 Å². The van der Waals surface area contributed by atoms with Crippen LogP contribution in [0.5, 0.6) is 0 Å². The lowest BCUT2D eigenvalue weighted by molar-refractivity contribution is 0.0932. The van der Waals surface area contributed by atoms with E-state index in [0.717, 1.165) is 24.5 Å². The van der Waals surface area contributed by atoms with Gasteiger partial charge in [0.15, 0.2) is 0 Å². The van der Waals surface area contributed by atoms with E-state index >= 15 is 0 Å². The van der Waals surface area contributed by atoms with Crippen LogP contribution in [-0.4, -0.2) is 17.1 Å². The normalized spacial score (nSPS) is 18.1. The minimum absolute atomic E-state index is 0.0312. The summed E-state index contributed by atoms with van der Waals surface area (Å²) in [6.45, 7) is -4.76. The smallest absolute Gasteiger partial charge is 0.279 e. The van der Waals surface area contributed by atoms with E-state index in [4.69, 9.17) is 6.85 Å². The fourth-order valence-electron chi connectivity index (χ4n) is 3.77. The Labute approximate surface area is 175 Å². The molecule has 0 saturated heterocycles. The van der Waals surface area contributed by atoms with Gasteiger partial charge >= 0.3 is 0 Å². The number of aromatic nitrogens is 1. The van der Waals surface area contributed by atoms with Gasteiger partial charge in [0.05, 0.1) is 25.4 Å². The van der Waals surface area contributed by atoms with Gasteiger partial charge in [-0.15, -0.1) is 0 Å². The molecule has 4 rings (SSSR count). The number of carbonyl (C=O) groups is 1. The van der Waals surface area contributed by atoms with E-state index in [2.05, 4.69) is 10.7 Å². The number of nitrogens with zero attached hydrogens (tertiary/aromatic N) is 1. The average molecular weight is 398 g/mol. The summed E-state index contributed by atoms with van der Waals surface area (Å²) in [5, 5.41) is 2.62. The van der Waals surface area contributed by atoms with Gasteiger partial charge in [0.25, 0.3) is 11.5 Å². The Bertz CT molecular complexity index is 1300. The molecule has 1 aromatic heterocycles. The van der Waals surface area contributed by atoms with E-state index in [1.807, 2.05) is 30.3 Å². The van der Waals surface area contributed by atoms with Gasteiger partial charge in [-0.3, -0.25) is 9.59 Å². The molecule has 0 bridgehead atoms. The summed E-state index contributed by atoms with van der Waals surface area (Å²) >= 11 is 0. The molecular weight excluding hydrogens is 369 g/mol. The van der Waals surface area contributed by atoms with Crippen molar-refractivity contribution in [3.05, 3.63) is 81.5 Å². The number of fused-ring (bicyclic) bond motifs is 1. The van der Waals surface area contributed by atoms with Crippen molar-refractivity contribution < 1.29 is 16.0 Å². The molecule has 6 heteroatoms. The highest BCUT2D eigenvalue weighted by Crippen LogP contribution is 2.41. The fraction of sp³-hybridized carbons (Fsp3) is 0.304. The summed E-state index contributed by atoms with van der Waals surface area (Å²) in [5.41, 5.74) is 1.91. The van der Waals surface area contributed by atoms with Crippen molar-refractivity contribution in [1.82, 2.24) is 9.99 Å². The number of carbonyl (C=O) groups excluding carboxylic acids is 1. The zero-order valence-electron chi connectivity index (χ0n) is 20.8. The first-order valence-corrected chi connectivity index (χ1v) is 9.40. The Morgan fingerprint density at radius 3 is 2.72 bits per heavy atom. The number of hydrogen-bond donors (Lipinski definition) is 2. The number of pyridine rings is 1. The second kappa shape index (κ2) is 7.70. The van der Waals surface area contributed by atoms with E-state index in [9.17, 15) is 14.0 Å². The summed E-state index contributed by atoms with van der Waals surface area (Å²) in [6, 6.07) is 13.0. The van der Waals surface area contributed by atoms with Crippen LogP contribution in [0.3, 0.4) is 0 Å². The molecule has 2 N–H and O–H groups in total. The van der Waals surface area contributed by atoms with Crippen molar-refractivity contribution in [3.63, 3.8) is 0 Å². The molecule has 5 nitrogen and oxygen atoms in total. The SMILES string of the molecule is [2H]C([2H])([2H])C([2H])([2H])Nn1c(C)c(C(=O)N[C@H](c2ccccc2)C2CC2)c2cccc(F)c2c1=O. The molecule has 3 aromatic rings. The fourth-order valence-corrected chi connectivity index (χ4v) is 3.77. The van der Waals surface area contributed by atoms with Crippen LogP contribution in [0.25, 0.3) is 10.8 Å². The van der Waals surface area contributed by atoms with Gasteiger partial charge in [0, 0.05) is 16.0 Å². The third-order valence-electron chi connectivity index (χ3n) is 5.33. The van der Waals surface area contributed by atoms with Crippen molar-refractivity contribution in [2.45, 2.75) is 32.7 Å². The highest BCUT2D eigenvalue weighted by molar-refractivity contribution is 6.08. The van der Waals surface area contributed by atoms with Crippen molar-refractivity contribution in [2.75, 3.05) is 11.9 Å². The summed E-state index contributed by atoms with van der Waals surface area (Å²) in [7, 11) is 0. The van der Waals surface area contributed by atoms with E-state index in [1.165, 1.54) is 19.1 Å². The number of amides is 1. The van der Waals surface area contributed by atoms with Crippen molar-refractivity contribution in [1.29, 1.82) is 0 Å². The first-order chi connectivity index (χ1) is 15.9. The van der Waals surface area contributed by atoms with Crippen molar-refractivity contribution in [3.8, 4) is 0 Å². The average Bonchev–Trinajstić information content (AvgIpc) is 3.60. The van der Waals surface area contributed by atoms with Crippen LogP contribution < -0.4 is 16.3 Å². The Kier molecular flexibility index (Phi) is 3.70. The van der Waals surface area contributed by atoms with Crippen LogP contribution >= 0.6 is 0 Å². The third kappa shape index (κ3) is 3.50. The molecule has 2 aromatic carbocycles. The summed E-state index contributed by atoms with van der Waals surface area (Å²) in [4.78, 5) is 26.6. The first kappa shape index (κ1) is 13.9. The van der Waals surface area contributed by atoms with Crippen LogP contribution in [0.1, 0.15) is 54.2 Å². The number of hydrogen-bond acceptors (Lipinski definition) is 3. The standard InChI is InChI=1S/C23H24FN3O2/c1-3-25-27-14(2)19(17-10-7-11-18(24)20(17)23(27)29)22(28)26-21(16-12-13-16)15-8-5-4-6-9-15/h4-11,16,21,25H,3,12-13H2,1-2H3,(H,26,28)/t21-/m1/s1/i1D3,3D2. The first-order valence-electron chi connectivity index (χ1n) is 11.9. The molecule has 0 spiro atoms. The second-order valence-electron chi connectivity index (χ2n) is 7.20. The molecule has 1 aliphatic carbocycles. The predicted molar refractivity (Wildman–Crippen MR) is 112 cm³/mol. The molecule has 150 valence electrons. The lowest BCUT2D eigenvalue weighted by atomic mass is 9.99. The van der Waals surface area contributed by atoms with Crippen LogP contribution in [0, 0.1) is 18.7 Å². The van der Waals surface area contributed by atoms with E-state index in [-0.39, 0.29) is 28.6 Å². The molecule has 0 radical (unpaired) electrons. The topological polar surface area (TPSA) is 63.1 Å².